The topological polar surface area (TPSA) is 86.3 Å². The van der Waals surface area contributed by atoms with Crippen molar-refractivity contribution in [2.45, 2.75) is 0 Å². The molecule has 5 heteroatoms. The largest absolute Gasteiger partial charge is 0.505 e. The summed E-state index contributed by atoms with van der Waals surface area (Å²) in [6, 6.07) is 6.59. The smallest absolute Gasteiger partial charge is 0.168 e. The second kappa shape index (κ2) is 3.35. The highest BCUT2D eigenvalue weighted by Gasteiger charge is 2.08. The van der Waals surface area contributed by atoms with E-state index in [4.69, 9.17) is 5.26 Å². The van der Waals surface area contributed by atoms with Crippen LogP contribution < -0.4 is 0 Å². The first-order valence-corrected chi connectivity index (χ1v) is 4.11. The molecule has 0 bridgehead atoms. The maximum Gasteiger partial charge on any atom is 0.168 e. The molecule has 5 nitrogen and oxygen atoms in total. The Morgan fingerprint density at radius 2 is 2.27 bits per heavy atom. The minimum atomic E-state index is -0.243. The predicted molar refractivity (Wildman–Crippen MR) is 53.6 cm³/mol. The Kier molecular flexibility index (Phi) is 2.03. The van der Waals surface area contributed by atoms with E-state index < -0.39 is 0 Å². The van der Waals surface area contributed by atoms with E-state index in [1.807, 2.05) is 6.07 Å². The van der Waals surface area contributed by atoms with Gasteiger partial charge in [-0.15, -0.1) is 4.91 Å². The summed E-state index contributed by atoms with van der Waals surface area (Å²) >= 11 is 0. The zero-order chi connectivity index (χ0) is 10.8. The van der Waals surface area contributed by atoms with Crippen molar-refractivity contribution in [1.82, 2.24) is 4.98 Å². The van der Waals surface area contributed by atoms with Gasteiger partial charge in [0.1, 0.15) is 0 Å². The van der Waals surface area contributed by atoms with E-state index in [-0.39, 0.29) is 11.4 Å². The number of fused-ring (bicyclic) bond motifs is 1. The molecule has 0 amide bonds. The molecule has 1 aromatic carbocycles. The van der Waals surface area contributed by atoms with Gasteiger partial charge in [0.25, 0.3) is 0 Å². The van der Waals surface area contributed by atoms with Gasteiger partial charge >= 0.3 is 0 Å². The number of benzene rings is 1. The zero-order valence-electron chi connectivity index (χ0n) is 7.51. The molecule has 0 aliphatic carbocycles. The molecular weight excluding hydrogens is 194 g/mol. The zero-order valence-corrected chi connectivity index (χ0v) is 7.51. The molecule has 72 valence electrons. The predicted octanol–water partition coefficient (Wildman–Crippen LogP) is 2.21. The molecule has 2 rings (SSSR count). The molecule has 0 saturated heterocycles. The highest BCUT2D eigenvalue weighted by Crippen LogP contribution is 2.33. The van der Waals surface area contributed by atoms with E-state index in [0.717, 1.165) is 0 Å². The van der Waals surface area contributed by atoms with Crippen LogP contribution in [0, 0.1) is 16.2 Å². The van der Waals surface area contributed by atoms with Crippen LogP contribution in [0.2, 0.25) is 0 Å². The monoisotopic (exact) mass is 199 g/mol. The average molecular weight is 199 g/mol. The van der Waals surface area contributed by atoms with Crippen LogP contribution in [0.1, 0.15) is 5.56 Å². The van der Waals surface area contributed by atoms with Crippen molar-refractivity contribution in [2.75, 3.05) is 0 Å². The molecule has 0 atom stereocenters. The fourth-order valence-electron chi connectivity index (χ4n) is 1.30. The van der Waals surface area contributed by atoms with Crippen LogP contribution in [0.15, 0.2) is 29.6 Å². The maximum absolute atomic E-state index is 10.3. The van der Waals surface area contributed by atoms with Gasteiger partial charge in [0, 0.05) is 5.39 Å². The van der Waals surface area contributed by atoms with Crippen LogP contribution in [-0.2, 0) is 0 Å². The van der Waals surface area contributed by atoms with Gasteiger partial charge in [0.05, 0.1) is 23.3 Å². The Labute approximate surface area is 84.6 Å². The van der Waals surface area contributed by atoms with Crippen LogP contribution in [0.4, 0.5) is 5.69 Å². The van der Waals surface area contributed by atoms with Crippen molar-refractivity contribution in [3.05, 3.63) is 34.9 Å². The molecule has 0 unspecified atom stereocenters. The lowest BCUT2D eigenvalue weighted by Crippen LogP contribution is -1.82. The van der Waals surface area contributed by atoms with Crippen molar-refractivity contribution in [1.29, 1.82) is 5.26 Å². The lowest BCUT2D eigenvalue weighted by molar-refractivity contribution is 0.482. The number of pyridine rings is 1. The van der Waals surface area contributed by atoms with E-state index in [0.29, 0.717) is 16.5 Å². The number of aromatic hydroxyl groups is 1. The Morgan fingerprint density at radius 3 is 2.93 bits per heavy atom. The summed E-state index contributed by atoms with van der Waals surface area (Å²) in [7, 11) is 0. The van der Waals surface area contributed by atoms with Crippen LogP contribution in [0.3, 0.4) is 0 Å². The van der Waals surface area contributed by atoms with Crippen molar-refractivity contribution < 1.29 is 5.11 Å². The number of aromatic nitrogens is 1. The van der Waals surface area contributed by atoms with Gasteiger partial charge in [-0.05, 0) is 23.4 Å². The second-order valence-corrected chi connectivity index (χ2v) is 2.93. The quantitative estimate of drug-likeness (QED) is 0.713. The minimum Gasteiger partial charge on any atom is -0.505 e. The molecule has 0 aliphatic rings. The van der Waals surface area contributed by atoms with Gasteiger partial charge in [-0.25, -0.2) is 0 Å². The molecule has 0 spiro atoms. The molecule has 15 heavy (non-hydrogen) atoms. The summed E-state index contributed by atoms with van der Waals surface area (Å²) in [4.78, 5) is 14.2. The maximum atomic E-state index is 10.3. The van der Waals surface area contributed by atoms with Gasteiger partial charge in [-0.1, -0.05) is 0 Å². The lowest BCUT2D eigenvalue weighted by Gasteiger charge is -2.01. The summed E-state index contributed by atoms with van der Waals surface area (Å²) in [6.45, 7) is 0. The van der Waals surface area contributed by atoms with E-state index in [1.54, 1.807) is 12.1 Å². The van der Waals surface area contributed by atoms with Crippen LogP contribution in [-0.4, -0.2) is 10.1 Å². The summed E-state index contributed by atoms with van der Waals surface area (Å²) < 4.78 is 0. The summed E-state index contributed by atoms with van der Waals surface area (Å²) in [6.07, 6.45) is 1.19. The first kappa shape index (κ1) is 9.09. The van der Waals surface area contributed by atoms with Gasteiger partial charge < -0.3 is 5.11 Å². The number of nitroso groups, excluding NO2 is 1. The standard InChI is InChI=1S/C10H5N3O2/c11-4-6-1-2-8-7(3-6)10(14)9(13-15)5-12-8/h1-3,5H,(H,12,14). The van der Waals surface area contributed by atoms with Crippen molar-refractivity contribution >= 4 is 16.6 Å². The summed E-state index contributed by atoms with van der Waals surface area (Å²) in [5, 5.41) is 21.3. The Balaban J connectivity index is 2.84. The second-order valence-electron chi connectivity index (χ2n) is 2.93. The van der Waals surface area contributed by atoms with E-state index in [1.165, 1.54) is 12.3 Å². The van der Waals surface area contributed by atoms with E-state index in [2.05, 4.69) is 10.2 Å². The molecule has 1 heterocycles. The van der Waals surface area contributed by atoms with Gasteiger partial charge in [0.15, 0.2) is 11.4 Å². The fourth-order valence-corrected chi connectivity index (χ4v) is 1.30. The number of nitriles is 1. The molecular formula is C10H5N3O2. The number of hydrogen-bond acceptors (Lipinski definition) is 5. The molecule has 0 aliphatic heterocycles. The minimum absolute atomic E-state index is 0.127. The Morgan fingerprint density at radius 1 is 1.47 bits per heavy atom. The highest BCUT2D eigenvalue weighted by atomic mass is 16.3. The first-order valence-electron chi connectivity index (χ1n) is 4.11. The number of rotatable bonds is 1. The van der Waals surface area contributed by atoms with Gasteiger partial charge in [-0.3, -0.25) is 4.98 Å². The first-order chi connectivity index (χ1) is 7.26. The summed E-state index contributed by atoms with van der Waals surface area (Å²) in [5.74, 6) is -0.243. The third-order valence-corrected chi connectivity index (χ3v) is 2.05. The molecule has 0 fully saturated rings. The normalized spacial score (nSPS) is 9.80. The molecule has 2 aromatic rings. The van der Waals surface area contributed by atoms with Gasteiger partial charge in [-0.2, -0.15) is 5.26 Å². The van der Waals surface area contributed by atoms with Crippen molar-refractivity contribution in [3.63, 3.8) is 0 Å². The number of nitrogens with zero attached hydrogens (tertiary/aromatic N) is 3. The molecule has 1 N–H and O–H groups in total. The third kappa shape index (κ3) is 1.38. The van der Waals surface area contributed by atoms with E-state index in [9.17, 15) is 10.0 Å². The molecule has 0 radical (unpaired) electrons. The Hall–Kier alpha value is -2.48. The molecule has 0 saturated carbocycles. The molecule has 1 aromatic heterocycles. The van der Waals surface area contributed by atoms with Crippen molar-refractivity contribution in [2.24, 2.45) is 5.18 Å². The lowest BCUT2D eigenvalue weighted by atomic mass is 10.1. The Bertz CT molecular complexity index is 587. The van der Waals surface area contributed by atoms with Crippen molar-refractivity contribution in [3.8, 4) is 11.8 Å². The average Bonchev–Trinajstić information content (AvgIpc) is 2.29. The summed E-state index contributed by atoms with van der Waals surface area (Å²) in [5.41, 5.74) is 0.777. The van der Waals surface area contributed by atoms with Crippen LogP contribution >= 0.6 is 0 Å². The van der Waals surface area contributed by atoms with E-state index >= 15 is 0 Å². The fraction of sp³-hybridized carbons (Fsp3) is 0. The van der Waals surface area contributed by atoms with Gasteiger partial charge in [0.2, 0.25) is 0 Å². The third-order valence-electron chi connectivity index (χ3n) is 2.05. The SMILES string of the molecule is N#Cc1ccc2ncc(N=O)c(O)c2c1. The highest BCUT2D eigenvalue weighted by molar-refractivity contribution is 5.89. The number of hydrogen-bond donors (Lipinski definition) is 1. The van der Waals surface area contributed by atoms with Crippen LogP contribution in [0.25, 0.3) is 10.9 Å². The van der Waals surface area contributed by atoms with Crippen LogP contribution in [0.5, 0.6) is 5.75 Å².